The maximum atomic E-state index is 10.7. The highest BCUT2D eigenvalue weighted by atomic mass is 16.5. The molecule has 70 valence electrons. The van der Waals surface area contributed by atoms with Crippen LogP contribution in [-0.4, -0.2) is 21.2 Å². The van der Waals surface area contributed by atoms with E-state index in [0.717, 1.165) is 6.20 Å². The van der Waals surface area contributed by atoms with Gasteiger partial charge in [0.1, 0.15) is 11.3 Å². The Hall–Kier alpha value is -2.17. The molecule has 0 aromatic carbocycles. The van der Waals surface area contributed by atoms with Crippen molar-refractivity contribution < 1.29 is 14.4 Å². The van der Waals surface area contributed by atoms with E-state index in [2.05, 4.69) is 10.1 Å². The smallest absolute Gasteiger partial charge is 0.341 e. The summed E-state index contributed by atoms with van der Waals surface area (Å²) in [6.45, 7) is 0. The van der Waals surface area contributed by atoms with Gasteiger partial charge in [-0.1, -0.05) is 11.2 Å². The molecular weight excluding hydrogens is 184 g/mol. The van der Waals surface area contributed by atoms with Crippen molar-refractivity contribution in [2.24, 2.45) is 0 Å². The number of carboxylic acids is 1. The Kier molecular flexibility index (Phi) is 1.98. The van der Waals surface area contributed by atoms with Crippen LogP contribution in [-0.2, 0) is 0 Å². The molecule has 0 saturated heterocycles. The first kappa shape index (κ1) is 8.43. The van der Waals surface area contributed by atoms with E-state index in [1.807, 2.05) is 0 Å². The summed E-state index contributed by atoms with van der Waals surface area (Å²) in [6, 6.07) is 5.14. The highest BCUT2D eigenvalue weighted by molar-refractivity contribution is 5.93. The second kappa shape index (κ2) is 3.29. The van der Waals surface area contributed by atoms with Crippen LogP contribution in [0.3, 0.4) is 0 Å². The second-order valence-electron chi connectivity index (χ2n) is 2.59. The molecule has 5 heteroatoms. The van der Waals surface area contributed by atoms with E-state index in [1.165, 1.54) is 0 Å². The largest absolute Gasteiger partial charge is 0.477 e. The molecule has 2 aromatic heterocycles. The lowest BCUT2D eigenvalue weighted by molar-refractivity contribution is 0.0697. The average Bonchev–Trinajstić information content (AvgIpc) is 2.67. The SMILES string of the molecule is O=C(O)c1cnoc1-c1ccccn1. The highest BCUT2D eigenvalue weighted by Crippen LogP contribution is 2.20. The number of hydrogen-bond donors (Lipinski definition) is 1. The molecule has 0 atom stereocenters. The van der Waals surface area contributed by atoms with Crippen LogP contribution in [0.5, 0.6) is 0 Å². The van der Waals surface area contributed by atoms with Gasteiger partial charge in [-0.25, -0.2) is 4.79 Å². The van der Waals surface area contributed by atoms with E-state index in [0.29, 0.717) is 5.69 Å². The Morgan fingerprint density at radius 1 is 1.43 bits per heavy atom. The number of pyridine rings is 1. The van der Waals surface area contributed by atoms with Gasteiger partial charge in [0.15, 0.2) is 5.76 Å². The summed E-state index contributed by atoms with van der Waals surface area (Å²) in [5.41, 5.74) is 0.478. The molecule has 0 amide bonds. The fraction of sp³-hybridized carbons (Fsp3) is 0. The molecule has 0 radical (unpaired) electrons. The summed E-state index contributed by atoms with van der Waals surface area (Å²) in [6.07, 6.45) is 2.72. The fourth-order valence-corrected chi connectivity index (χ4v) is 1.07. The lowest BCUT2D eigenvalue weighted by atomic mass is 10.2. The normalized spacial score (nSPS) is 10.0. The van der Waals surface area contributed by atoms with E-state index >= 15 is 0 Å². The van der Waals surface area contributed by atoms with Crippen LogP contribution in [0.1, 0.15) is 10.4 Å². The Morgan fingerprint density at radius 3 is 2.93 bits per heavy atom. The van der Waals surface area contributed by atoms with Gasteiger partial charge in [0.25, 0.3) is 0 Å². The maximum absolute atomic E-state index is 10.7. The molecule has 2 rings (SSSR count). The summed E-state index contributed by atoms with van der Waals surface area (Å²) in [4.78, 5) is 14.7. The Bertz CT molecular complexity index is 450. The third-order valence-electron chi connectivity index (χ3n) is 1.70. The van der Waals surface area contributed by atoms with Gasteiger partial charge in [0.2, 0.25) is 0 Å². The minimum atomic E-state index is -1.08. The van der Waals surface area contributed by atoms with Crippen molar-refractivity contribution in [1.82, 2.24) is 10.1 Å². The molecular formula is C9H6N2O3. The fourth-order valence-electron chi connectivity index (χ4n) is 1.07. The van der Waals surface area contributed by atoms with Crippen LogP contribution in [0.2, 0.25) is 0 Å². The van der Waals surface area contributed by atoms with E-state index < -0.39 is 5.97 Å². The lowest BCUT2D eigenvalue weighted by Crippen LogP contribution is -1.96. The van der Waals surface area contributed by atoms with Crippen molar-refractivity contribution in [1.29, 1.82) is 0 Å². The molecule has 0 aliphatic heterocycles. The van der Waals surface area contributed by atoms with Crippen LogP contribution in [0, 0.1) is 0 Å². The third-order valence-corrected chi connectivity index (χ3v) is 1.70. The minimum absolute atomic E-state index is 0.0173. The Balaban J connectivity index is 2.52. The summed E-state index contributed by atoms with van der Waals surface area (Å²) in [5.74, 6) is -0.898. The van der Waals surface area contributed by atoms with Gasteiger partial charge in [-0.15, -0.1) is 0 Å². The number of carbonyl (C=O) groups is 1. The number of carboxylic acid groups (broad SMARTS) is 1. The molecule has 0 aliphatic rings. The van der Waals surface area contributed by atoms with Crippen molar-refractivity contribution in [2.45, 2.75) is 0 Å². The predicted molar refractivity (Wildman–Crippen MR) is 46.7 cm³/mol. The zero-order chi connectivity index (χ0) is 9.97. The summed E-state index contributed by atoms with van der Waals surface area (Å²) < 4.78 is 4.82. The predicted octanol–water partition coefficient (Wildman–Crippen LogP) is 1.43. The highest BCUT2D eigenvalue weighted by Gasteiger charge is 2.17. The van der Waals surface area contributed by atoms with Crippen LogP contribution >= 0.6 is 0 Å². The van der Waals surface area contributed by atoms with Gasteiger partial charge < -0.3 is 9.63 Å². The Morgan fingerprint density at radius 2 is 2.29 bits per heavy atom. The monoisotopic (exact) mass is 190 g/mol. The van der Waals surface area contributed by atoms with Crippen molar-refractivity contribution in [2.75, 3.05) is 0 Å². The average molecular weight is 190 g/mol. The van der Waals surface area contributed by atoms with Crippen LogP contribution in [0.4, 0.5) is 0 Å². The molecule has 0 bridgehead atoms. The molecule has 5 nitrogen and oxygen atoms in total. The molecule has 2 aromatic rings. The molecule has 2 heterocycles. The summed E-state index contributed by atoms with van der Waals surface area (Å²) in [5, 5.41) is 12.2. The number of nitrogens with zero attached hydrogens (tertiary/aromatic N) is 2. The lowest BCUT2D eigenvalue weighted by Gasteiger charge is -1.94. The molecule has 1 N–H and O–H groups in total. The molecule has 0 unspecified atom stereocenters. The molecule has 0 fully saturated rings. The van der Waals surface area contributed by atoms with Gasteiger partial charge in [-0.2, -0.15) is 0 Å². The number of rotatable bonds is 2. The second-order valence-corrected chi connectivity index (χ2v) is 2.59. The maximum Gasteiger partial charge on any atom is 0.341 e. The van der Waals surface area contributed by atoms with Crippen LogP contribution in [0.15, 0.2) is 35.1 Å². The molecule has 0 spiro atoms. The van der Waals surface area contributed by atoms with Crippen molar-refractivity contribution in [3.05, 3.63) is 36.2 Å². The van der Waals surface area contributed by atoms with Gasteiger partial charge in [0, 0.05) is 6.20 Å². The Labute approximate surface area is 79.0 Å². The summed E-state index contributed by atoms with van der Waals surface area (Å²) >= 11 is 0. The van der Waals surface area contributed by atoms with E-state index in [4.69, 9.17) is 9.63 Å². The molecule has 14 heavy (non-hydrogen) atoms. The number of aromatic carboxylic acids is 1. The quantitative estimate of drug-likeness (QED) is 0.775. The van der Waals surface area contributed by atoms with Crippen molar-refractivity contribution in [3.63, 3.8) is 0 Å². The standard InChI is InChI=1S/C9H6N2O3/c12-9(13)6-5-11-14-8(6)7-3-1-2-4-10-7/h1-5H,(H,12,13). The van der Waals surface area contributed by atoms with E-state index in [1.54, 1.807) is 24.4 Å². The first-order valence-electron chi connectivity index (χ1n) is 3.88. The van der Waals surface area contributed by atoms with Gasteiger partial charge >= 0.3 is 5.97 Å². The zero-order valence-corrected chi connectivity index (χ0v) is 7.04. The molecule has 0 saturated carbocycles. The first-order valence-corrected chi connectivity index (χ1v) is 3.88. The topological polar surface area (TPSA) is 76.2 Å². The van der Waals surface area contributed by atoms with Crippen molar-refractivity contribution in [3.8, 4) is 11.5 Å². The van der Waals surface area contributed by atoms with E-state index in [-0.39, 0.29) is 11.3 Å². The van der Waals surface area contributed by atoms with Crippen molar-refractivity contribution >= 4 is 5.97 Å². The van der Waals surface area contributed by atoms with Gasteiger partial charge in [-0.05, 0) is 12.1 Å². The van der Waals surface area contributed by atoms with Gasteiger partial charge in [-0.3, -0.25) is 4.98 Å². The zero-order valence-electron chi connectivity index (χ0n) is 7.04. The molecule has 0 aliphatic carbocycles. The van der Waals surface area contributed by atoms with Crippen LogP contribution in [0.25, 0.3) is 11.5 Å². The minimum Gasteiger partial charge on any atom is -0.477 e. The number of hydrogen-bond acceptors (Lipinski definition) is 4. The number of aromatic nitrogens is 2. The van der Waals surface area contributed by atoms with E-state index in [9.17, 15) is 4.79 Å². The van der Waals surface area contributed by atoms with Crippen LogP contribution < -0.4 is 0 Å². The first-order chi connectivity index (χ1) is 6.79. The van der Waals surface area contributed by atoms with Gasteiger partial charge in [0.05, 0.1) is 6.20 Å². The summed E-state index contributed by atoms with van der Waals surface area (Å²) in [7, 11) is 0. The third kappa shape index (κ3) is 1.35.